The van der Waals surface area contributed by atoms with Crippen LogP contribution in [-0.4, -0.2) is 47.4 Å². The first-order chi connectivity index (χ1) is 33.5. The summed E-state index contributed by atoms with van der Waals surface area (Å²) >= 11 is 0. The summed E-state index contributed by atoms with van der Waals surface area (Å²) in [6.07, 6.45) is 70.4. The Labute approximate surface area is 424 Å². The SMILES string of the molecule is CCCCCCCCCCCCCCCCCCCCCCCCCCC(O)C(CO)NC(=O)CCCCCCCC/C=C\C=C/CCCCCOC(=O)CCCCCCCCCCCCCC. The summed E-state index contributed by atoms with van der Waals surface area (Å²) in [6, 6.07) is -0.559. The molecule has 1 amide bonds. The van der Waals surface area contributed by atoms with Gasteiger partial charge in [-0.2, -0.15) is 0 Å². The lowest BCUT2D eigenvalue weighted by molar-refractivity contribution is -0.143. The van der Waals surface area contributed by atoms with E-state index >= 15 is 0 Å². The van der Waals surface area contributed by atoms with Crippen molar-refractivity contribution in [3.63, 3.8) is 0 Å². The highest BCUT2D eigenvalue weighted by molar-refractivity contribution is 5.76. The zero-order valence-corrected chi connectivity index (χ0v) is 45.9. The quantitative estimate of drug-likeness (QED) is 0.0321. The highest BCUT2D eigenvalue weighted by Gasteiger charge is 2.20. The Morgan fingerprint density at radius 2 is 0.721 bits per heavy atom. The fourth-order valence-corrected chi connectivity index (χ4v) is 9.57. The molecule has 3 N–H and O–H groups in total. The van der Waals surface area contributed by atoms with Crippen LogP contribution in [0.25, 0.3) is 0 Å². The number of rotatable bonds is 57. The lowest BCUT2D eigenvalue weighted by atomic mass is 10.0. The van der Waals surface area contributed by atoms with E-state index in [1.807, 2.05) is 0 Å². The second-order valence-corrected chi connectivity index (χ2v) is 21.1. The number of carbonyl (C=O) groups is 2. The molecule has 6 heteroatoms. The molecule has 0 saturated carbocycles. The van der Waals surface area contributed by atoms with Crippen molar-refractivity contribution in [3.05, 3.63) is 24.3 Å². The second-order valence-electron chi connectivity index (χ2n) is 21.1. The van der Waals surface area contributed by atoms with Crippen molar-refractivity contribution >= 4 is 11.9 Å². The van der Waals surface area contributed by atoms with Gasteiger partial charge in [0.1, 0.15) is 0 Å². The van der Waals surface area contributed by atoms with Gasteiger partial charge in [-0.25, -0.2) is 0 Å². The number of carbonyl (C=O) groups excluding carboxylic acids is 2. The topological polar surface area (TPSA) is 95.9 Å². The maximum absolute atomic E-state index is 12.5. The van der Waals surface area contributed by atoms with Gasteiger partial charge in [-0.3, -0.25) is 9.59 Å². The number of unbranched alkanes of at least 4 members (excludes halogenated alkanes) is 43. The van der Waals surface area contributed by atoms with Gasteiger partial charge < -0.3 is 20.3 Å². The number of aliphatic hydroxyl groups is 2. The average Bonchev–Trinajstić information content (AvgIpc) is 3.34. The Morgan fingerprint density at radius 1 is 0.412 bits per heavy atom. The molecule has 0 aromatic heterocycles. The van der Waals surface area contributed by atoms with Crippen LogP contribution in [0.2, 0.25) is 0 Å². The molecule has 6 nitrogen and oxygen atoms in total. The lowest BCUT2D eigenvalue weighted by Gasteiger charge is -2.22. The number of nitrogens with one attached hydrogen (secondary N) is 1. The van der Waals surface area contributed by atoms with Crippen LogP contribution in [0.4, 0.5) is 0 Å². The molecule has 0 aliphatic heterocycles. The summed E-state index contributed by atoms with van der Waals surface area (Å²) in [5.41, 5.74) is 0. The number of esters is 1. The molecule has 0 aliphatic rings. The van der Waals surface area contributed by atoms with Crippen molar-refractivity contribution in [2.24, 2.45) is 0 Å². The molecule has 0 aromatic rings. The molecule has 402 valence electrons. The van der Waals surface area contributed by atoms with Gasteiger partial charge in [0.2, 0.25) is 5.91 Å². The third kappa shape index (κ3) is 53.7. The third-order valence-corrected chi connectivity index (χ3v) is 14.3. The van der Waals surface area contributed by atoms with Crippen molar-refractivity contribution < 1.29 is 24.5 Å². The lowest BCUT2D eigenvalue weighted by Crippen LogP contribution is -2.45. The molecule has 0 spiro atoms. The smallest absolute Gasteiger partial charge is 0.305 e. The van der Waals surface area contributed by atoms with Gasteiger partial charge >= 0.3 is 5.97 Å². The van der Waals surface area contributed by atoms with E-state index in [2.05, 4.69) is 43.5 Å². The van der Waals surface area contributed by atoms with Crippen molar-refractivity contribution in [2.45, 2.75) is 347 Å². The van der Waals surface area contributed by atoms with E-state index in [-0.39, 0.29) is 18.5 Å². The summed E-state index contributed by atoms with van der Waals surface area (Å²) in [5.74, 6) is -0.0741. The summed E-state index contributed by atoms with van der Waals surface area (Å²) < 4.78 is 5.44. The molecule has 0 aromatic carbocycles. The zero-order chi connectivity index (χ0) is 49.3. The van der Waals surface area contributed by atoms with Gasteiger partial charge in [-0.05, 0) is 57.8 Å². The van der Waals surface area contributed by atoms with Crippen molar-refractivity contribution in [1.82, 2.24) is 5.32 Å². The minimum absolute atomic E-state index is 0.0202. The van der Waals surface area contributed by atoms with Crippen LogP contribution in [0.1, 0.15) is 335 Å². The van der Waals surface area contributed by atoms with Crippen LogP contribution < -0.4 is 5.32 Å². The number of hydrogen-bond donors (Lipinski definition) is 3. The Morgan fingerprint density at radius 3 is 1.09 bits per heavy atom. The van der Waals surface area contributed by atoms with Crippen LogP contribution in [0, 0.1) is 0 Å². The third-order valence-electron chi connectivity index (χ3n) is 14.3. The van der Waals surface area contributed by atoms with Crippen LogP contribution in [-0.2, 0) is 14.3 Å². The van der Waals surface area contributed by atoms with E-state index in [1.165, 1.54) is 225 Å². The summed E-state index contributed by atoms with van der Waals surface area (Å²) in [5, 5.41) is 23.4. The van der Waals surface area contributed by atoms with E-state index < -0.39 is 12.1 Å². The molecule has 0 fully saturated rings. The van der Waals surface area contributed by atoms with Crippen LogP contribution in [0.15, 0.2) is 24.3 Å². The van der Waals surface area contributed by atoms with Crippen molar-refractivity contribution in [1.29, 1.82) is 0 Å². The van der Waals surface area contributed by atoms with Crippen molar-refractivity contribution in [3.8, 4) is 0 Å². The van der Waals surface area contributed by atoms with E-state index in [0.717, 1.165) is 77.0 Å². The molecule has 0 rings (SSSR count). The first kappa shape index (κ1) is 66.3. The fraction of sp³-hybridized carbons (Fsp3) is 0.903. The predicted octanol–water partition coefficient (Wildman–Crippen LogP) is 19.0. The number of amides is 1. The molecular weight excluding hydrogens is 839 g/mol. The maximum atomic E-state index is 12.5. The minimum Gasteiger partial charge on any atom is -0.466 e. The first-order valence-electron chi connectivity index (χ1n) is 30.6. The second kappa shape index (κ2) is 57.9. The minimum atomic E-state index is -0.680. The number of aliphatic hydroxyl groups excluding tert-OH is 2. The fourth-order valence-electron chi connectivity index (χ4n) is 9.57. The van der Waals surface area contributed by atoms with E-state index in [1.54, 1.807) is 0 Å². The maximum Gasteiger partial charge on any atom is 0.305 e. The standard InChI is InChI=1S/C62H119NO5/c1-3-5-7-9-11-13-15-17-18-19-20-21-22-23-24-25-26-28-31-34-38-42-46-50-54-60(65)59(58-64)63-61(66)55-51-47-43-39-35-32-29-27-30-33-37-41-45-49-53-57-68-62(67)56-52-48-44-40-36-16-14-12-10-8-6-4-2/h27,30,33,37,59-60,64-65H,3-26,28-29,31-32,34-36,38-58H2,1-2H3,(H,63,66)/b30-27-,37-33-. The van der Waals surface area contributed by atoms with E-state index in [0.29, 0.717) is 25.9 Å². The van der Waals surface area contributed by atoms with Gasteiger partial charge in [-0.15, -0.1) is 0 Å². The summed E-state index contributed by atoms with van der Waals surface area (Å²) in [6.45, 7) is 4.92. The Bertz CT molecular complexity index is 1060. The Balaban J connectivity index is 3.50. The summed E-state index contributed by atoms with van der Waals surface area (Å²) in [4.78, 5) is 24.5. The Kier molecular flexibility index (Phi) is 56.5. The normalized spacial score (nSPS) is 12.7. The van der Waals surface area contributed by atoms with E-state index in [9.17, 15) is 19.8 Å². The molecule has 0 aliphatic carbocycles. The average molecular weight is 959 g/mol. The largest absolute Gasteiger partial charge is 0.466 e. The predicted molar refractivity (Wildman–Crippen MR) is 296 cm³/mol. The molecule has 0 saturated heterocycles. The number of allylic oxidation sites excluding steroid dienone is 4. The van der Waals surface area contributed by atoms with Gasteiger partial charge in [-0.1, -0.05) is 289 Å². The van der Waals surface area contributed by atoms with Gasteiger partial charge in [0.25, 0.3) is 0 Å². The molecule has 68 heavy (non-hydrogen) atoms. The molecular formula is C62H119NO5. The molecule has 2 unspecified atom stereocenters. The van der Waals surface area contributed by atoms with Gasteiger partial charge in [0, 0.05) is 12.8 Å². The van der Waals surface area contributed by atoms with Crippen LogP contribution in [0.3, 0.4) is 0 Å². The summed E-state index contributed by atoms with van der Waals surface area (Å²) in [7, 11) is 0. The molecule has 0 radical (unpaired) electrons. The monoisotopic (exact) mass is 958 g/mol. The van der Waals surface area contributed by atoms with Gasteiger partial charge in [0.05, 0.1) is 25.4 Å². The van der Waals surface area contributed by atoms with E-state index in [4.69, 9.17) is 4.74 Å². The van der Waals surface area contributed by atoms with Crippen molar-refractivity contribution in [2.75, 3.05) is 13.2 Å². The molecule has 2 atom stereocenters. The Hall–Kier alpha value is -1.66. The number of hydrogen-bond acceptors (Lipinski definition) is 5. The molecule has 0 heterocycles. The highest BCUT2D eigenvalue weighted by Crippen LogP contribution is 2.18. The van der Waals surface area contributed by atoms with Crippen LogP contribution >= 0.6 is 0 Å². The highest BCUT2D eigenvalue weighted by atomic mass is 16.5. The van der Waals surface area contributed by atoms with Gasteiger partial charge in [0.15, 0.2) is 0 Å². The zero-order valence-electron chi connectivity index (χ0n) is 45.9. The van der Waals surface area contributed by atoms with Crippen LogP contribution in [0.5, 0.6) is 0 Å². The number of ether oxygens (including phenoxy) is 1. The molecule has 0 bridgehead atoms. The first-order valence-corrected chi connectivity index (χ1v) is 30.6.